The van der Waals surface area contributed by atoms with Crippen molar-refractivity contribution in [3.05, 3.63) is 0 Å². The number of unbranched alkanes of at least 4 members (excludes halogenated alkanes) is 3. The molecule has 0 saturated heterocycles. The Labute approximate surface area is 94.6 Å². The van der Waals surface area contributed by atoms with Crippen LogP contribution in [0, 0.1) is 5.92 Å². The zero-order valence-electron chi connectivity index (χ0n) is 10.8. The molecule has 2 heteroatoms. The molecule has 0 bridgehead atoms. The van der Waals surface area contributed by atoms with Crippen molar-refractivity contribution >= 4 is 5.78 Å². The van der Waals surface area contributed by atoms with Crippen molar-refractivity contribution in [2.75, 3.05) is 0 Å². The molecule has 0 rings (SSSR count). The van der Waals surface area contributed by atoms with Gasteiger partial charge in [-0.2, -0.15) is 0 Å². The first-order valence-corrected chi connectivity index (χ1v) is 6.26. The molecule has 2 N–H and O–H groups in total. The lowest BCUT2D eigenvalue weighted by Gasteiger charge is -2.23. The van der Waals surface area contributed by atoms with Crippen molar-refractivity contribution in [1.82, 2.24) is 0 Å². The lowest BCUT2D eigenvalue weighted by molar-refractivity contribution is -0.127. The molecule has 0 radical (unpaired) electrons. The highest BCUT2D eigenvalue weighted by molar-refractivity contribution is 5.89. The smallest absolute Gasteiger partial charge is 0.155 e. The van der Waals surface area contributed by atoms with Crippen LogP contribution in [0.1, 0.15) is 66.2 Å². The van der Waals surface area contributed by atoms with Gasteiger partial charge in [0.15, 0.2) is 5.78 Å². The maximum absolute atomic E-state index is 11.9. The molecule has 0 heterocycles. The average molecular weight is 213 g/mol. The van der Waals surface area contributed by atoms with Crippen molar-refractivity contribution in [2.45, 2.75) is 71.8 Å². The minimum Gasteiger partial charge on any atom is -0.319 e. The van der Waals surface area contributed by atoms with E-state index < -0.39 is 5.54 Å². The van der Waals surface area contributed by atoms with Gasteiger partial charge < -0.3 is 5.73 Å². The fourth-order valence-electron chi connectivity index (χ4n) is 1.86. The Morgan fingerprint density at radius 3 is 2.20 bits per heavy atom. The van der Waals surface area contributed by atoms with Crippen LogP contribution < -0.4 is 5.73 Å². The molecule has 90 valence electrons. The predicted octanol–water partition coefficient (Wildman–Crippen LogP) is 3.29. The Morgan fingerprint density at radius 2 is 1.80 bits per heavy atom. The number of hydrogen-bond acceptors (Lipinski definition) is 2. The number of carbonyl (C=O) groups excluding carboxylic acids is 1. The van der Waals surface area contributed by atoms with Gasteiger partial charge >= 0.3 is 0 Å². The lowest BCUT2D eigenvalue weighted by atomic mass is 9.85. The van der Waals surface area contributed by atoms with Crippen LogP contribution in [-0.4, -0.2) is 11.3 Å². The van der Waals surface area contributed by atoms with Crippen molar-refractivity contribution in [1.29, 1.82) is 0 Å². The van der Waals surface area contributed by atoms with Gasteiger partial charge in [0.2, 0.25) is 0 Å². The molecule has 0 amide bonds. The van der Waals surface area contributed by atoms with Crippen LogP contribution in [0.5, 0.6) is 0 Å². The molecule has 0 aromatic rings. The largest absolute Gasteiger partial charge is 0.319 e. The predicted molar refractivity (Wildman–Crippen MR) is 65.8 cm³/mol. The van der Waals surface area contributed by atoms with Gasteiger partial charge in [-0.15, -0.1) is 0 Å². The van der Waals surface area contributed by atoms with Crippen molar-refractivity contribution in [2.24, 2.45) is 11.7 Å². The molecule has 0 saturated carbocycles. The van der Waals surface area contributed by atoms with E-state index in [0.29, 0.717) is 0 Å². The molecule has 0 aromatic heterocycles. The average Bonchev–Trinajstić information content (AvgIpc) is 2.16. The fraction of sp³-hybridized carbons (Fsp3) is 0.923. The minimum absolute atomic E-state index is 0.168. The summed E-state index contributed by atoms with van der Waals surface area (Å²) in [5.41, 5.74) is 5.18. The standard InChI is InChI=1S/C13H27NO/c1-5-7-8-9-10-11(6-2)12(15)13(3,4)14/h11H,5-10,14H2,1-4H3. The summed E-state index contributed by atoms with van der Waals surface area (Å²) in [5, 5.41) is 0. The maximum atomic E-state index is 11.9. The van der Waals surface area contributed by atoms with Gasteiger partial charge in [-0.3, -0.25) is 4.79 Å². The van der Waals surface area contributed by atoms with Crippen LogP contribution in [0.15, 0.2) is 0 Å². The molecule has 0 aliphatic rings. The number of hydrogen-bond donors (Lipinski definition) is 1. The lowest BCUT2D eigenvalue weighted by Crippen LogP contribution is -2.45. The highest BCUT2D eigenvalue weighted by Crippen LogP contribution is 2.19. The van der Waals surface area contributed by atoms with Gasteiger partial charge in [0.05, 0.1) is 5.54 Å². The zero-order chi connectivity index (χ0) is 11.9. The monoisotopic (exact) mass is 213 g/mol. The first kappa shape index (κ1) is 14.6. The molecule has 1 unspecified atom stereocenters. The van der Waals surface area contributed by atoms with E-state index in [9.17, 15) is 4.79 Å². The second-order valence-electron chi connectivity index (χ2n) is 5.04. The SMILES string of the molecule is CCCCCCC(CC)C(=O)C(C)(C)N. The Balaban J connectivity index is 3.97. The van der Waals surface area contributed by atoms with E-state index in [0.717, 1.165) is 19.3 Å². The topological polar surface area (TPSA) is 43.1 Å². The highest BCUT2D eigenvalue weighted by Gasteiger charge is 2.28. The third-order valence-corrected chi connectivity index (χ3v) is 2.90. The van der Waals surface area contributed by atoms with Crippen LogP contribution in [0.3, 0.4) is 0 Å². The number of nitrogens with two attached hydrogens (primary N) is 1. The van der Waals surface area contributed by atoms with Crippen LogP contribution >= 0.6 is 0 Å². The normalized spacial score (nSPS) is 13.9. The molecule has 0 spiro atoms. The Bertz CT molecular complexity index is 181. The van der Waals surface area contributed by atoms with E-state index in [2.05, 4.69) is 13.8 Å². The number of Topliss-reactive ketones (excluding diaryl/α,β-unsaturated/α-hetero) is 1. The molecule has 0 aromatic carbocycles. The third-order valence-electron chi connectivity index (χ3n) is 2.90. The summed E-state index contributed by atoms with van der Waals surface area (Å²) < 4.78 is 0. The van der Waals surface area contributed by atoms with Gasteiger partial charge in [0.1, 0.15) is 0 Å². The highest BCUT2D eigenvalue weighted by atomic mass is 16.1. The van der Waals surface area contributed by atoms with E-state index in [1.54, 1.807) is 0 Å². The number of ketones is 1. The molecule has 2 nitrogen and oxygen atoms in total. The van der Waals surface area contributed by atoms with E-state index in [1.165, 1.54) is 19.3 Å². The fourth-order valence-corrected chi connectivity index (χ4v) is 1.86. The van der Waals surface area contributed by atoms with Gasteiger partial charge in [-0.25, -0.2) is 0 Å². The van der Waals surface area contributed by atoms with Crippen molar-refractivity contribution in [3.8, 4) is 0 Å². The van der Waals surface area contributed by atoms with Gasteiger partial charge in [0, 0.05) is 5.92 Å². The quantitative estimate of drug-likeness (QED) is 0.629. The minimum atomic E-state index is -0.661. The van der Waals surface area contributed by atoms with Crippen LogP contribution in [0.2, 0.25) is 0 Å². The van der Waals surface area contributed by atoms with Gasteiger partial charge in [0.25, 0.3) is 0 Å². The molecule has 0 fully saturated rings. The number of rotatable bonds is 8. The first-order valence-electron chi connectivity index (χ1n) is 6.26. The maximum Gasteiger partial charge on any atom is 0.155 e. The van der Waals surface area contributed by atoms with E-state index in [-0.39, 0.29) is 11.7 Å². The summed E-state index contributed by atoms with van der Waals surface area (Å²) in [6, 6.07) is 0. The Morgan fingerprint density at radius 1 is 1.20 bits per heavy atom. The summed E-state index contributed by atoms with van der Waals surface area (Å²) in [5.74, 6) is 0.392. The molecular formula is C13H27NO. The molecule has 0 aliphatic carbocycles. The van der Waals surface area contributed by atoms with Crippen molar-refractivity contribution in [3.63, 3.8) is 0 Å². The van der Waals surface area contributed by atoms with Crippen LogP contribution in [-0.2, 0) is 4.79 Å². The molecule has 0 aliphatic heterocycles. The second-order valence-corrected chi connectivity index (χ2v) is 5.04. The second kappa shape index (κ2) is 7.00. The summed E-state index contributed by atoms with van der Waals surface area (Å²) in [4.78, 5) is 11.9. The Hall–Kier alpha value is -0.370. The van der Waals surface area contributed by atoms with Crippen LogP contribution in [0.4, 0.5) is 0 Å². The Kier molecular flexibility index (Phi) is 6.82. The van der Waals surface area contributed by atoms with E-state index in [1.807, 2.05) is 13.8 Å². The summed E-state index contributed by atoms with van der Waals surface area (Å²) in [6.45, 7) is 7.90. The number of carbonyl (C=O) groups is 1. The van der Waals surface area contributed by atoms with Crippen molar-refractivity contribution < 1.29 is 4.79 Å². The summed E-state index contributed by atoms with van der Waals surface area (Å²) in [7, 11) is 0. The van der Waals surface area contributed by atoms with Gasteiger partial charge in [-0.1, -0.05) is 39.5 Å². The molecule has 1 atom stereocenters. The zero-order valence-corrected chi connectivity index (χ0v) is 10.8. The summed E-state index contributed by atoms with van der Waals surface area (Å²) in [6.07, 6.45) is 6.85. The van der Waals surface area contributed by atoms with E-state index in [4.69, 9.17) is 5.73 Å². The third kappa shape index (κ3) is 5.93. The van der Waals surface area contributed by atoms with Crippen LogP contribution in [0.25, 0.3) is 0 Å². The summed E-state index contributed by atoms with van der Waals surface area (Å²) >= 11 is 0. The molecule has 15 heavy (non-hydrogen) atoms. The van der Waals surface area contributed by atoms with E-state index >= 15 is 0 Å². The first-order chi connectivity index (χ1) is 6.93. The van der Waals surface area contributed by atoms with Gasteiger partial charge in [-0.05, 0) is 26.7 Å². The molecular weight excluding hydrogens is 186 g/mol.